The highest BCUT2D eigenvalue weighted by atomic mass is 16.5. The van der Waals surface area contributed by atoms with Crippen molar-refractivity contribution in [3.8, 4) is 0 Å². The highest BCUT2D eigenvalue weighted by Crippen LogP contribution is 2.14. The topological polar surface area (TPSA) is 24.5 Å². The fourth-order valence-electron chi connectivity index (χ4n) is 2.52. The SMILES string of the molecule is COCCC(C)N(CC1CCCN1)C(C)C. The van der Waals surface area contributed by atoms with Crippen LogP contribution in [0.4, 0.5) is 0 Å². The van der Waals surface area contributed by atoms with Gasteiger partial charge < -0.3 is 10.1 Å². The Bertz CT molecular complexity index is 179. The van der Waals surface area contributed by atoms with Crippen LogP contribution in [0.2, 0.25) is 0 Å². The molecule has 1 aliphatic heterocycles. The third-order valence-corrected chi connectivity index (χ3v) is 3.56. The molecule has 0 saturated carbocycles. The van der Waals surface area contributed by atoms with Crippen molar-refractivity contribution in [2.24, 2.45) is 0 Å². The molecule has 0 spiro atoms. The van der Waals surface area contributed by atoms with Crippen molar-refractivity contribution < 1.29 is 4.74 Å². The van der Waals surface area contributed by atoms with E-state index in [9.17, 15) is 0 Å². The molecule has 3 nitrogen and oxygen atoms in total. The van der Waals surface area contributed by atoms with E-state index in [2.05, 4.69) is 31.0 Å². The second-order valence-corrected chi connectivity index (χ2v) is 5.21. The molecule has 1 aliphatic rings. The number of rotatable bonds is 7. The maximum Gasteiger partial charge on any atom is 0.0477 e. The van der Waals surface area contributed by atoms with Crippen LogP contribution in [0.3, 0.4) is 0 Å². The molecular formula is C13H28N2O. The van der Waals surface area contributed by atoms with Crippen LogP contribution in [0, 0.1) is 0 Å². The van der Waals surface area contributed by atoms with Gasteiger partial charge in [-0.05, 0) is 46.6 Å². The Balaban J connectivity index is 2.38. The fraction of sp³-hybridized carbons (Fsp3) is 1.00. The number of nitrogens with zero attached hydrogens (tertiary/aromatic N) is 1. The first kappa shape index (κ1) is 13.9. The Morgan fingerprint density at radius 1 is 1.38 bits per heavy atom. The van der Waals surface area contributed by atoms with E-state index in [1.54, 1.807) is 7.11 Å². The van der Waals surface area contributed by atoms with Crippen molar-refractivity contribution in [2.45, 2.75) is 58.2 Å². The predicted molar refractivity (Wildman–Crippen MR) is 68.8 cm³/mol. The van der Waals surface area contributed by atoms with Gasteiger partial charge in [-0.25, -0.2) is 0 Å². The lowest BCUT2D eigenvalue weighted by atomic mass is 10.1. The molecule has 0 aromatic rings. The van der Waals surface area contributed by atoms with Crippen molar-refractivity contribution >= 4 is 0 Å². The Morgan fingerprint density at radius 2 is 2.12 bits per heavy atom. The molecule has 0 aromatic heterocycles. The summed E-state index contributed by atoms with van der Waals surface area (Å²) in [6, 6.07) is 1.93. The van der Waals surface area contributed by atoms with Crippen LogP contribution in [-0.2, 0) is 4.74 Å². The molecule has 0 radical (unpaired) electrons. The van der Waals surface area contributed by atoms with Gasteiger partial charge in [0.1, 0.15) is 0 Å². The second-order valence-electron chi connectivity index (χ2n) is 5.21. The van der Waals surface area contributed by atoms with Gasteiger partial charge in [-0.3, -0.25) is 4.90 Å². The maximum atomic E-state index is 5.17. The van der Waals surface area contributed by atoms with Crippen LogP contribution >= 0.6 is 0 Å². The molecule has 0 amide bonds. The van der Waals surface area contributed by atoms with Gasteiger partial charge in [-0.1, -0.05) is 0 Å². The molecule has 1 heterocycles. The lowest BCUT2D eigenvalue weighted by molar-refractivity contribution is 0.109. The molecule has 0 aliphatic carbocycles. The van der Waals surface area contributed by atoms with Crippen LogP contribution in [-0.4, -0.2) is 49.8 Å². The molecule has 1 N–H and O–H groups in total. The predicted octanol–water partition coefficient (Wildman–Crippen LogP) is 1.87. The number of hydrogen-bond donors (Lipinski definition) is 1. The quantitative estimate of drug-likeness (QED) is 0.720. The molecule has 96 valence electrons. The smallest absolute Gasteiger partial charge is 0.0477 e. The van der Waals surface area contributed by atoms with Crippen molar-refractivity contribution in [1.82, 2.24) is 10.2 Å². The van der Waals surface area contributed by atoms with Crippen LogP contribution in [0.5, 0.6) is 0 Å². The average molecular weight is 228 g/mol. The molecule has 2 unspecified atom stereocenters. The van der Waals surface area contributed by atoms with E-state index in [4.69, 9.17) is 4.74 Å². The lowest BCUT2D eigenvalue weighted by Gasteiger charge is -2.34. The largest absolute Gasteiger partial charge is 0.385 e. The van der Waals surface area contributed by atoms with Crippen LogP contribution in [0.25, 0.3) is 0 Å². The maximum absolute atomic E-state index is 5.17. The summed E-state index contributed by atoms with van der Waals surface area (Å²) in [5, 5.41) is 3.58. The third kappa shape index (κ3) is 4.40. The van der Waals surface area contributed by atoms with Gasteiger partial charge in [0.05, 0.1) is 0 Å². The van der Waals surface area contributed by atoms with E-state index in [0.717, 1.165) is 13.0 Å². The molecule has 16 heavy (non-hydrogen) atoms. The van der Waals surface area contributed by atoms with Gasteiger partial charge in [0, 0.05) is 38.4 Å². The standard InChI is InChI=1S/C13H28N2O/c1-11(2)15(12(3)7-9-16-4)10-13-6-5-8-14-13/h11-14H,5-10H2,1-4H3. The number of nitrogens with one attached hydrogen (secondary N) is 1. The molecule has 0 aromatic carbocycles. The van der Waals surface area contributed by atoms with Gasteiger partial charge in [-0.15, -0.1) is 0 Å². The Morgan fingerprint density at radius 3 is 2.62 bits per heavy atom. The minimum absolute atomic E-state index is 0.613. The summed E-state index contributed by atoms with van der Waals surface area (Å²) in [6.07, 6.45) is 3.80. The summed E-state index contributed by atoms with van der Waals surface area (Å²) in [5.74, 6) is 0. The van der Waals surface area contributed by atoms with E-state index in [1.807, 2.05) is 0 Å². The van der Waals surface area contributed by atoms with Crippen LogP contribution < -0.4 is 5.32 Å². The first-order chi connectivity index (χ1) is 7.65. The van der Waals surface area contributed by atoms with E-state index in [-0.39, 0.29) is 0 Å². The summed E-state index contributed by atoms with van der Waals surface area (Å²) in [5.41, 5.74) is 0. The van der Waals surface area contributed by atoms with E-state index in [1.165, 1.54) is 25.9 Å². The van der Waals surface area contributed by atoms with E-state index >= 15 is 0 Å². The van der Waals surface area contributed by atoms with Crippen molar-refractivity contribution in [3.63, 3.8) is 0 Å². The first-order valence-corrected chi connectivity index (χ1v) is 6.63. The molecule has 1 rings (SSSR count). The monoisotopic (exact) mass is 228 g/mol. The van der Waals surface area contributed by atoms with Gasteiger partial charge in [-0.2, -0.15) is 0 Å². The van der Waals surface area contributed by atoms with Crippen molar-refractivity contribution in [3.05, 3.63) is 0 Å². The Hall–Kier alpha value is -0.120. The summed E-state index contributed by atoms with van der Waals surface area (Å²) >= 11 is 0. The zero-order chi connectivity index (χ0) is 12.0. The summed E-state index contributed by atoms with van der Waals surface area (Å²) in [7, 11) is 1.78. The summed E-state index contributed by atoms with van der Waals surface area (Å²) in [4.78, 5) is 2.60. The molecular weight excluding hydrogens is 200 g/mol. The van der Waals surface area contributed by atoms with Gasteiger partial charge in [0.15, 0.2) is 0 Å². The molecule has 0 bridgehead atoms. The van der Waals surface area contributed by atoms with Gasteiger partial charge >= 0.3 is 0 Å². The normalized spacial score (nSPS) is 23.2. The zero-order valence-electron chi connectivity index (χ0n) is 11.3. The minimum atomic E-state index is 0.613. The average Bonchev–Trinajstić information content (AvgIpc) is 2.74. The summed E-state index contributed by atoms with van der Waals surface area (Å²) < 4.78 is 5.17. The fourth-order valence-corrected chi connectivity index (χ4v) is 2.52. The van der Waals surface area contributed by atoms with E-state index < -0.39 is 0 Å². The van der Waals surface area contributed by atoms with Gasteiger partial charge in [0.2, 0.25) is 0 Å². The van der Waals surface area contributed by atoms with E-state index in [0.29, 0.717) is 18.1 Å². The third-order valence-electron chi connectivity index (χ3n) is 3.56. The van der Waals surface area contributed by atoms with Crippen LogP contribution in [0.1, 0.15) is 40.0 Å². The summed E-state index contributed by atoms with van der Waals surface area (Å²) in [6.45, 7) is 10.1. The van der Waals surface area contributed by atoms with Gasteiger partial charge in [0.25, 0.3) is 0 Å². The Labute approximate surface area is 101 Å². The molecule has 3 heteroatoms. The highest BCUT2D eigenvalue weighted by molar-refractivity contribution is 4.81. The first-order valence-electron chi connectivity index (χ1n) is 6.63. The molecule has 2 atom stereocenters. The minimum Gasteiger partial charge on any atom is -0.385 e. The highest BCUT2D eigenvalue weighted by Gasteiger charge is 2.22. The Kier molecular flexibility index (Phi) is 6.32. The molecule has 1 saturated heterocycles. The zero-order valence-corrected chi connectivity index (χ0v) is 11.3. The number of ether oxygens (including phenoxy) is 1. The number of methoxy groups -OCH3 is 1. The van der Waals surface area contributed by atoms with Crippen molar-refractivity contribution in [1.29, 1.82) is 0 Å². The lowest BCUT2D eigenvalue weighted by Crippen LogP contribution is -2.46. The second kappa shape index (κ2) is 7.25. The number of hydrogen-bond acceptors (Lipinski definition) is 3. The van der Waals surface area contributed by atoms with Crippen molar-refractivity contribution in [2.75, 3.05) is 26.8 Å². The van der Waals surface area contributed by atoms with Crippen LogP contribution in [0.15, 0.2) is 0 Å². The molecule has 1 fully saturated rings.